The van der Waals surface area contributed by atoms with E-state index in [1.54, 1.807) is 0 Å². The predicted molar refractivity (Wildman–Crippen MR) is 98.3 cm³/mol. The minimum absolute atomic E-state index is 0.0876. The molecular weight excluding hydrogens is 310 g/mol. The fourth-order valence-corrected chi connectivity index (χ4v) is 3.52. The molecule has 1 unspecified atom stereocenters. The fourth-order valence-electron chi connectivity index (χ4n) is 3.52. The van der Waals surface area contributed by atoms with Crippen molar-refractivity contribution in [3.8, 4) is 16.9 Å². The Hall–Kier alpha value is -3.07. The van der Waals surface area contributed by atoms with Crippen molar-refractivity contribution in [2.75, 3.05) is 0 Å². The minimum atomic E-state index is -0.333. The SMILES string of the molecule is NC(=O)Cc1c(-c2ccccc2)cccc1C1Cc2ccccc2O1. The van der Waals surface area contributed by atoms with E-state index >= 15 is 0 Å². The summed E-state index contributed by atoms with van der Waals surface area (Å²) in [4.78, 5) is 11.7. The molecule has 0 radical (unpaired) electrons. The third kappa shape index (κ3) is 3.01. The average Bonchev–Trinajstić information content (AvgIpc) is 3.06. The summed E-state index contributed by atoms with van der Waals surface area (Å²) in [5, 5.41) is 0. The summed E-state index contributed by atoms with van der Waals surface area (Å²) < 4.78 is 6.15. The number of fused-ring (bicyclic) bond motifs is 1. The minimum Gasteiger partial charge on any atom is -0.485 e. The number of para-hydroxylation sites is 1. The van der Waals surface area contributed by atoms with Gasteiger partial charge in [-0.3, -0.25) is 4.79 Å². The van der Waals surface area contributed by atoms with E-state index in [2.05, 4.69) is 6.07 Å². The molecule has 1 atom stereocenters. The van der Waals surface area contributed by atoms with Crippen molar-refractivity contribution >= 4 is 5.91 Å². The second kappa shape index (κ2) is 6.44. The van der Waals surface area contributed by atoms with Gasteiger partial charge in [-0.05, 0) is 33.9 Å². The standard InChI is InChI=1S/C22H19NO2/c23-22(24)14-19-17(15-7-2-1-3-8-15)10-6-11-18(19)21-13-16-9-4-5-12-20(16)25-21/h1-12,21H,13-14H2,(H2,23,24). The number of ether oxygens (including phenoxy) is 1. The van der Waals surface area contributed by atoms with E-state index < -0.39 is 0 Å². The molecule has 0 bridgehead atoms. The highest BCUT2D eigenvalue weighted by Gasteiger charge is 2.27. The van der Waals surface area contributed by atoms with Crippen LogP contribution < -0.4 is 10.5 Å². The molecule has 0 saturated heterocycles. The molecule has 25 heavy (non-hydrogen) atoms. The summed E-state index contributed by atoms with van der Waals surface area (Å²) in [7, 11) is 0. The van der Waals surface area contributed by atoms with Gasteiger partial charge in [0.25, 0.3) is 0 Å². The maximum Gasteiger partial charge on any atom is 0.221 e. The molecule has 4 rings (SSSR count). The lowest BCUT2D eigenvalue weighted by molar-refractivity contribution is -0.117. The van der Waals surface area contributed by atoms with Crippen LogP contribution in [0.4, 0.5) is 0 Å². The molecule has 0 spiro atoms. The van der Waals surface area contributed by atoms with E-state index in [0.29, 0.717) is 0 Å². The monoisotopic (exact) mass is 329 g/mol. The van der Waals surface area contributed by atoms with Crippen LogP contribution in [0.15, 0.2) is 72.8 Å². The normalized spacial score (nSPS) is 15.4. The topological polar surface area (TPSA) is 52.3 Å². The molecule has 3 nitrogen and oxygen atoms in total. The number of rotatable bonds is 4. The van der Waals surface area contributed by atoms with E-state index in [1.165, 1.54) is 5.56 Å². The second-order valence-corrected chi connectivity index (χ2v) is 6.30. The van der Waals surface area contributed by atoms with E-state index in [1.807, 2.05) is 66.7 Å². The van der Waals surface area contributed by atoms with Crippen molar-refractivity contribution in [2.24, 2.45) is 5.73 Å². The number of primary amides is 1. The molecular formula is C22H19NO2. The van der Waals surface area contributed by atoms with Gasteiger partial charge in [0.1, 0.15) is 11.9 Å². The highest BCUT2D eigenvalue weighted by Crippen LogP contribution is 2.39. The summed E-state index contributed by atoms with van der Waals surface area (Å²) >= 11 is 0. The Bertz CT molecular complexity index is 893. The van der Waals surface area contributed by atoms with Crippen LogP contribution in [0.25, 0.3) is 11.1 Å². The van der Waals surface area contributed by atoms with Crippen LogP contribution in [0, 0.1) is 0 Å². The lowest BCUT2D eigenvalue weighted by atomic mass is 9.89. The highest BCUT2D eigenvalue weighted by molar-refractivity contribution is 5.81. The summed E-state index contributed by atoms with van der Waals surface area (Å²) in [6, 6.07) is 24.3. The third-order valence-electron chi connectivity index (χ3n) is 4.64. The van der Waals surface area contributed by atoms with E-state index in [-0.39, 0.29) is 18.4 Å². The van der Waals surface area contributed by atoms with Gasteiger partial charge in [-0.2, -0.15) is 0 Å². The highest BCUT2D eigenvalue weighted by atomic mass is 16.5. The van der Waals surface area contributed by atoms with Gasteiger partial charge in [-0.15, -0.1) is 0 Å². The average molecular weight is 329 g/mol. The molecule has 1 heterocycles. The Morgan fingerprint density at radius 3 is 2.48 bits per heavy atom. The summed E-state index contributed by atoms with van der Waals surface area (Å²) in [5.41, 5.74) is 10.9. The molecule has 0 aromatic heterocycles. The van der Waals surface area contributed by atoms with E-state index in [0.717, 1.165) is 34.4 Å². The van der Waals surface area contributed by atoms with Crippen molar-refractivity contribution in [1.29, 1.82) is 0 Å². The number of hydrogen-bond acceptors (Lipinski definition) is 2. The zero-order chi connectivity index (χ0) is 17.2. The van der Waals surface area contributed by atoms with Crippen molar-refractivity contribution in [3.05, 3.63) is 89.5 Å². The Balaban J connectivity index is 1.79. The van der Waals surface area contributed by atoms with Gasteiger partial charge in [0.15, 0.2) is 0 Å². The first-order chi connectivity index (χ1) is 12.2. The number of nitrogens with two attached hydrogens (primary N) is 1. The molecule has 1 aliphatic rings. The number of carbonyl (C=O) groups excluding carboxylic acids is 1. The molecule has 0 fully saturated rings. The number of hydrogen-bond donors (Lipinski definition) is 1. The molecule has 1 aliphatic heterocycles. The van der Waals surface area contributed by atoms with Crippen molar-refractivity contribution in [3.63, 3.8) is 0 Å². The molecule has 2 N–H and O–H groups in total. The Labute approximate surface area is 147 Å². The Morgan fingerprint density at radius 2 is 1.72 bits per heavy atom. The smallest absolute Gasteiger partial charge is 0.221 e. The van der Waals surface area contributed by atoms with E-state index in [4.69, 9.17) is 10.5 Å². The lowest BCUT2D eigenvalue weighted by Gasteiger charge is -2.19. The van der Waals surface area contributed by atoms with Gasteiger partial charge < -0.3 is 10.5 Å². The molecule has 0 aliphatic carbocycles. The second-order valence-electron chi connectivity index (χ2n) is 6.30. The first-order valence-electron chi connectivity index (χ1n) is 8.42. The van der Waals surface area contributed by atoms with Crippen molar-refractivity contribution in [1.82, 2.24) is 0 Å². The Kier molecular flexibility index (Phi) is 3.98. The maximum absolute atomic E-state index is 11.7. The van der Waals surface area contributed by atoms with Gasteiger partial charge in [-0.25, -0.2) is 0 Å². The first kappa shape index (κ1) is 15.5. The van der Waals surface area contributed by atoms with Gasteiger partial charge in [0, 0.05) is 6.42 Å². The summed E-state index contributed by atoms with van der Waals surface area (Å²) in [5.74, 6) is 0.586. The van der Waals surface area contributed by atoms with Crippen molar-refractivity contribution < 1.29 is 9.53 Å². The quantitative estimate of drug-likeness (QED) is 0.785. The molecule has 1 amide bonds. The predicted octanol–water partition coefficient (Wildman–Crippen LogP) is 4.06. The first-order valence-corrected chi connectivity index (χ1v) is 8.42. The number of benzene rings is 3. The maximum atomic E-state index is 11.7. The van der Waals surface area contributed by atoms with Crippen LogP contribution in [-0.2, 0) is 17.6 Å². The van der Waals surface area contributed by atoms with Crippen LogP contribution in [0.3, 0.4) is 0 Å². The lowest BCUT2D eigenvalue weighted by Crippen LogP contribution is -2.17. The number of carbonyl (C=O) groups is 1. The van der Waals surface area contributed by atoms with Crippen LogP contribution in [-0.4, -0.2) is 5.91 Å². The third-order valence-corrected chi connectivity index (χ3v) is 4.64. The van der Waals surface area contributed by atoms with Gasteiger partial charge in [0.05, 0.1) is 6.42 Å². The van der Waals surface area contributed by atoms with Crippen LogP contribution >= 0.6 is 0 Å². The fraction of sp³-hybridized carbons (Fsp3) is 0.136. The summed E-state index contributed by atoms with van der Waals surface area (Å²) in [6.45, 7) is 0. The molecule has 0 saturated carbocycles. The zero-order valence-electron chi connectivity index (χ0n) is 13.8. The largest absolute Gasteiger partial charge is 0.485 e. The van der Waals surface area contributed by atoms with Crippen molar-refractivity contribution in [2.45, 2.75) is 18.9 Å². The molecule has 124 valence electrons. The molecule has 3 aromatic carbocycles. The van der Waals surface area contributed by atoms with Gasteiger partial charge >= 0.3 is 0 Å². The van der Waals surface area contributed by atoms with E-state index in [9.17, 15) is 4.79 Å². The Morgan fingerprint density at radius 1 is 0.960 bits per heavy atom. The van der Waals surface area contributed by atoms with Crippen LogP contribution in [0.5, 0.6) is 5.75 Å². The molecule has 3 aromatic rings. The van der Waals surface area contributed by atoms with Gasteiger partial charge in [-0.1, -0.05) is 66.7 Å². The van der Waals surface area contributed by atoms with Crippen LogP contribution in [0.2, 0.25) is 0 Å². The molecule has 3 heteroatoms. The van der Waals surface area contributed by atoms with Crippen LogP contribution in [0.1, 0.15) is 22.8 Å². The number of amides is 1. The van der Waals surface area contributed by atoms with Gasteiger partial charge in [0.2, 0.25) is 5.91 Å². The zero-order valence-corrected chi connectivity index (χ0v) is 13.8. The summed E-state index contributed by atoms with van der Waals surface area (Å²) in [6.07, 6.45) is 0.923.